The van der Waals surface area contributed by atoms with Crippen LogP contribution in [-0.4, -0.2) is 18.4 Å². The Labute approximate surface area is 107 Å². The molecule has 1 aliphatic carbocycles. The van der Waals surface area contributed by atoms with E-state index in [9.17, 15) is 9.59 Å². The van der Waals surface area contributed by atoms with Crippen molar-refractivity contribution in [3.63, 3.8) is 0 Å². The van der Waals surface area contributed by atoms with E-state index in [2.05, 4.69) is 0 Å². The SMILES string of the molecule is CCOC(=O)C(C)c1ccc(C(=O)C2CC2)cc1. The first-order valence-corrected chi connectivity index (χ1v) is 6.44. The number of ether oxygens (including phenoxy) is 1. The van der Waals surface area contributed by atoms with E-state index < -0.39 is 0 Å². The minimum Gasteiger partial charge on any atom is -0.466 e. The highest BCUT2D eigenvalue weighted by Crippen LogP contribution is 2.32. The molecule has 0 aromatic heterocycles. The highest BCUT2D eigenvalue weighted by atomic mass is 16.5. The molecule has 96 valence electrons. The van der Waals surface area contributed by atoms with Crippen molar-refractivity contribution in [1.29, 1.82) is 0 Å². The van der Waals surface area contributed by atoms with Gasteiger partial charge < -0.3 is 4.74 Å². The van der Waals surface area contributed by atoms with Crippen molar-refractivity contribution in [2.45, 2.75) is 32.6 Å². The van der Waals surface area contributed by atoms with Gasteiger partial charge in [-0.1, -0.05) is 24.3 Å². The molecule has 0 amide bonds. The Morgan fingerprint density at radius 3 is 2.39 bits per heavy atom. The van der Waals surface area contributed by atoms with E-state index in [1.807, 2.05) is 31.2 Å². The number of benzene rings is 1. The second kappa shape index (κ2) is 5.34. The van der Waals surface area contributed by atoms with Gasteiger partial charge in [-0.2, -0.15) is 0 Å². The molecule has 0 saturated heterocycles. The number of hydrogen-bond acceptors (Lipinski definition) is 3. The smallest absolute Gasteiger partial charge is 0.313 e. The summed E-state index contributed by atoms with van der Waals surface area (Å²) in [6.07, 6.45) is 2.03. The third-order valence-electron chi connectivity index (χ3n) is 3.28. The fourth-order valence-electron chi connectivity index (χ4n) is 1.92. The number of carbonyl (C=O) groups is 2. The summed E-state index contributed by atoms with van der Waals surface area (Å²) in [6.45, 7) is 4.00. The molecule has 1 unspecified atom stereocenters. The fraction of sp³-hybridized carbons (Fsp3) is 0.467. The van der Waals surface area contributed by atoms with Crippen molar-refractivity contribution in [2.24, 2.45) is 5.92 Å². The zero-order valence-corrected chi connectivity index (χ0v) is 10.8. The van der Waals surface area contributed by atoms with Crippen LogP contribution in [0.4, 0.5) is 0 Å². The second-order valence-corrected chi connectivity index (χ2v) is 4.73. The normalized spacial score (nSPS) is 16.1. The van der Waals surface area contributed by atoms with Gasteiger partial charge in [0.25, 0.3) is 0 Å². The summed E-state index contributed by atoms with van der Waals surface area (Å²) in [7, 11) is 0. The zero-order chi connectivity index (χ0) is 13.1. The lowest BCUT2D eigenvalue weighted by atomic mass is 9.98. The highest BCUT2D eigenvalue weighted by molar-refractivity contribution is 5.99. The summed E-state index contributed by atoms with van der Waals surface area (Å²) in [6, 6.07) is 7.31. The summed E-state index contributed by atoms with van der Waals surface area (Å²) >= 11 is 0. The molecule has 1 aromatic rings. The molecule has 3 heteroatoms. The molecule has 1 fully saturated rings. The summed E-state index contributed by atoms with van der Waals surface area (Å²) in [5, 5.41) is 0. The molecule has 1 aromatic carbocycles. The third kappa shape index (κ3) is 2.78. The van der Waals surface area contributed by atoms with Crippen LogP contribution in [0.1, 0.15) is 48.5 Å². The Hall–Kier alpha value is -1.64. The van der Waals surface area contributed by atoms with Gasteiger partial charge in [-0.05, 0) is 32.3 Å². The standard InChI is InChI=1S/C15H18O3/c1-3-18-15(17)10(2)11-4-6-12(7-5-11)14(16)13-8-9-13/h4-7,10,13H,3,8-9H2,1-2H3. The molecular formula is C15H18O3. The molecule has 1 aliphatic rings. The number of ketones is 1. The number of Topliss-reactive ketones (excluding diaryl/α,β-unsaturated/α-hetero) is 1. The van der Waals surface area contributed by atoms with Gasteiger partial charge in [0.15, 0.2) is 5.78 Å². The van der Waals surface area contributed by atoms with Gasteiger partial charge in [0.1, 0.15) is 0 Å². The van der Waals surface area contributed by atoms with Crippen LogP contribution in [0.25, 0.3) is 0 Å². The molecule has 1 atom stereocenters. The van der Waals surface area contributed by atoms with Gasteiger partial charge in [0.05, 0.1) is 12.5 Å². The first-order valence-electron chi connectivity index (χ1n) is 6.44. The molecule has 2 rings (SSSR count). The van der Waals surface area contributed by atoms with Crippen LogP contribution in [0.3, 0.4) is 0 Å². The summed E-state index contributed by atoms with van der Waals surface area (Å²) in [4.78, 5) is 23.4. The van der Waals surface area contributed by atoms with Crippen molar-refractivity contribution in [3.8, 4) is 0 Å². The third-order valence-corrected chi connectivity index (χ3v) is 3.28. The average molecular weight is 246 g/mol. The Kier molecular flexibility index (Phi) is 3.80. The molecule has 0 N–H and O–H groups in total. The topological polar surface area (TPSA) is 43.4 Å². The van der Waals surface area contributed by atoms with E-state index in [4.69, 9.17) is 4.74 Å². The van der Waals surface area contributed by atoms with Crippen LogP contribution in [0.15, 0.2) is 24.3 Å². The number of esters is 1. The quantitative estimate of drug-likeness (QED) is 0.592. The lowest BCUT2D eigenvalue weighted by molar-refractivity contribution is -0.144. The molecule has 0 aliphatic heterocycles. The Balaban J connectivity index is 2.06. The minimum atomic E-state index is -0.282. The van der Waals surface area contributed by atoms with Crippen molar-refractivity contribution in [1.82, 2.24) is 0 Å². The van der Waals surface area contributed by atoms with Gasteiger partial charge in [-0.3, -0.25) is 9.59 Å². The zero-order valence-electron chi connectivity index (χ0n) is 10.8. The van der Waals surface area contributed by atoms with Crippen LogP contribution in [-0.2, 0) is 9.53 Å². The fourth-order valence-corrected chi connectivity index (χ4v) is 1.92. The first-order chi connectivity index (χ1) is 8.63. The predicted molar refractivity (Wildman–Crippen MR) is 68.5 cm³/mol. The molecule has 0 radical (unpaired) electrons. The van der Waals surface area contributed by atoms with E-state index >= 15 is 0 Å². The van der Waals surface area contributed by atoms with Crippen LogP contribution in [0.2, 0.25) is 0 Å². The Morgan fingerprint density at radius 1 is 1.28 bits per heavy atom. The van der Waals surface area contributed by atoms with Gasteiger partial charge in [-0.25, -0.2) is 0 Å². The molecule has 0 heterocycles. The molecule has 1 saturated carbocycles. The average Bonchev–Trinajstić information content (AvgIpc) is 3.22. The van der Waals surface area contributed by atoms with Crippen molar-refractivity contribution >= 4 is 11.8 Å². The molecule has 0 spiro atoms. The van der Waals surface area contributed by atoms with Crippen molar-refractivity contribution in [2.75, 3.05) is 6.61 Å². The maximum Gasteiger partial charge on any atom is 0.313 e. The van der Waals surface area contributed by atoms with Gasteiger partial charge >= 0.3 is 5.97 Å². The van der Waals surface area contributed by atoms with E-state index in [0.717, 1.165) is 24.0 Å². The number of hydrogen-bond donors (Lipinski definition) is 0. The van der Waals surface area contributed by atoms with Crippen molar-refractivity contribution in [3.05, 3.63) is 35.4 Å². The molecule has 0 bridgehead atoms. The van der Waals surface area contributed by atoms with Gasteiger partial charge in [0, 0.05) is 11.5 Å². The van der Waals surface area contributed by atoms with Crippen LogP contribution >= 0.6 is 0 Å². The Bertz CT molecular complexity index is 443. The van der Waals surface area contributed by atoms with Crippen molar-refractivity contribution < 1.29 is 14.3 Å². The second-order valence-electron chi connectivity index (χ2n) is 4.73. The van der Waals surface area contributed by atoms with Crippen LogP contribution < -0.4 is 0 Å². The first kappa shape index (κ1) is 12.8. The van der Waals surface area contributed by atoms with Gasteiger partial charge in [0.2, 0.25) is 0 Å². The summed E-state index contributed by atoms with van der Waals surface area (Å²) < 4.78 is 4.98. The van der Waals surface area contributed by atoms with Crippen LogP contribution in [0, 0.1) is 5.92 Å². The van der Waals surface area contributed by atoms with E-state index in [1.165, 1.54) is 0 Å². The maximum absolute atomic E-state index is 11.8. The maximum atomic E-state index is 11.8. The summed E-state index contributed by atoms with van der Waals surface area (Å²) in [5.74, 6) is -0.0440. The van der Waals surface area contributed by atoms with E-state index in [-0.39, 0.29) is 23.6 Å². The monoisotopic (exact) mass is 246 g/mol. The Morgan fingerprint density at radius 2 is 1.89 bits per heavy atom. The molecular weight excluding hydrogens is 228 g/mol. The lowest BCUT2D eigenvalue weighted by Crippen LogP contribution is -2.13. The van der Waals surface area contributed by atoms with E-state index in [1.54, 1.807) is 6.92 Å². The van der Waals surface area contributed by atoms with Crippen LogP contribution in [0.5, 0.6) is 0 Å². The van der Waals surface area contributed by atoms with E-state index in [0.29, 0.717) is 6.61 Å². The lowest BCUT2D eigenvalue weighted by Gasteiger charge is -2.11. The largest absolute Gasteiger partial charge is 0.466 e. The number of rotatable bonds is 5. The highest BCUT2D eigenvalue weighted by Gasteiger charge is 2.30. The number of carbonyl (C=O) groups excluding carboxylic acids is 2. The summed E-state index contributed by atoms with van der Waals surface area (Å²) in [5.41, 5.74) is 1.64. The molecule has 18 heavy (non-hydrogen) atoms. The predicted octanol–water partition coefficient (Wildman–Crippen LogP) is 2.95. The molecule has 3 nitrogen and oxygen atoms in total. The van der Waals surface area contributed by atoms with Gasteiger partial charge in [-0.15, -0.1) is 0 Å². The minimum absolute atomic E-state index is 0.223.